The summed E-state index contributed by atoms with van der Waals surface area (Å²) < 4.78 is 42.5. The molecular weight excluding hydrogens is 752 g/mol. The molecule has 14 heteroatoms. The maximum absolute atomic E-state index is 13.5. The fourth-order valence-electron chi connectivity index (χ4n) is 8.11. The number of ketones is 1. The van der Waals surface area contributed by atoms with Gasteiger partial charge in [0.05, 0.1) is 19.3 Å². The molecule has 0 radical (unpaired) electrons. The van der Waals surface area contributed by atoms with Crippen LogP contribution in [0, 0.1) is 35.5 Å². The van der Waals surface area contributed by atoms with Crippen molar-refractivity contribution >= 4 is 35.6 Å². The van der Waals surface area contributed by atoms with Gasteiger partial charge in [-0.2, -0.15) is 0 Å². The molecule has 0 saturated carbocycles. The number of aliphatic hydroxyl groups excluding tert-OH is 1. The molecule has 0 aromatic rings. The van der Waals surface area contributed by atoms with Crippen molar-refractivity contribution in [2.45, 2.75) is 189 Å². The standard InChI is InChI=1S/C44H72O14/c1-14-37(47)54-33(16-15-28(8)43(51)52-13)30(10)42(53-32(12)46)35(55-38(48)17-24(2)3)21-29(9)41(56-39(49)18-25(4)5)36-20-27(7)23-44(58-36)22-26(6)19-34(57-44)40(50)31(11)45/h15,24-27,29-30,33-36,40-42,50H,14,16-23H2,1-13H3/b28-15+. The van der Waals surface area contributed by atoms with Crippen molar-refractivity contribution in [1.29, 1.82) is 0 Å². The van der Waals surface area contributed by atoms with E-state index in [0.29, 0.717) is 25.7 Å². The summed E-state index contributed by atoms with van der Waals surface area (Å²) >= 11 is 0. The van der Waals surface area contributed by atoms with Crippen LogP contribution in [0.4, 0.5) is 0 Å². The first-order valence-electron chi connectivity index (χ1n) is 21.1. The van der Waals surface area contributed by atoms with E-state index in [0.717, 1.165) is 0 Å². The number of carbonyl (C=O) groups is 6. The molecule has 0 aromatic carbocycles. The van der Waals surface area contributed by atoms with Gasteiger partial charge in [-0.05, 0) is 62.7 Å². The Morgan fingerprint density at radius 3 is 1.78 bits per heavy atom. The average molecular weight is 825 g/mol. The Balaban J connectivity index is 2.68. The zero-order valence-corrected chi connectivity index (χ0v) is 37.2. The lowest BCUT2D eigenvalue weighted by Crippen LogP contribution is -2.57. The van der Waals surface area contributed by atoms with Crippen molar-refractivity contribution in [3.8, 4) is 0 Å². The first-order chi connectivity index (χ1) is 27.0. The summed E-state index contributed by atoms with van der Waals surface area (Å²) in [6.07, 6.45) is -2.91. The minimum absolute atomic E-state index is 0.00378. The minimum Gasteiger partial charge on any atom is -0.466 e. The predicted molar refractivity (Wildman–Crippen MR) is 214 cm³/mol. The van der Waals surface area contributed by atoms with E-state index in [1.807, 2.05) is 41.5 Å². The van der Waals surface area contributed by atoms with E-state index in [2.05, 4.69) is 6.92 Å². The van der Waals surface area contributed by atoms with Crippen LogP contribution in [-0.4, -0.2) is 96.4 Å². The molecule has 58 heavy (non-hydrogen) atoms. The summed E-state index contributed by atoms with van der Waals surface area (Å²) in [7, 11) is 1.26. The SMILES string of the molecule is CCC(=O)OC(C/C=C(\C)C(=O)OC)C(C)C(OC(C)=O)C(CC(C)C(OC(=O)CC(C)C)C1CC(C)CC2(CC(C)CC(C(O)C(C)=O)O2)O1)OC(=O)CC(C)C. The van der Waals surface area contributed by atoms with Crippen molar-refractivity contribution in [3.63, 3.8) is 0 Å². The maximum atomic E-state index is 13.5. The van der Waals surface area contributed by atoms with Gasteiger partial charge in [-0.3, -0.25) is 24.0 Å². The first-order valence-corrected chi connectivity index (χ1v) is 21.1. The molecule has 0 bridgehead atoms. The van der Waals surface area contributed by atoms with Crippen LogP contribution in [0.2, 0.25) is 0 Å². The molecule has 1 spiro atoms. The number of hydrogen-bond donors (Lipinski definition) is 1. The summed E-state index contributed by atoms with van der Waals surface area (Å²) in [6.45, 7) is 21.0. The van der Waals surface area contributed by atoms with Crippen LogP contribution in [0.3, 0.4) is 0 Å². The number of esters is 5. The third-order valence-corrected chi connectivity index (χ3v) is 10.8. The molecule has 2 saturated heterocycles. The van der Waals surface area contributed by atoms with Crippen LogP contribution >= 0.6 is 0 Å². The van der Waals surface area contributed by atoms with E-state index in [1.54, 1.807) is 26.8 Å². The van der Waals surface area contributed by atoms with Crippen LogP contribution in [0.25, 0.3) is 0 Å². The van der Waals surface area contributed by atoms with Gasteiger partial charge >= 0.3 is 29.8 Å². The molecule has 2 fully saturated rings. The zero-order valence-electron chi connectivity index (χ0n) is 37.2. The lowest BCUT2D eigenvalue weighted by atomic mass is 9.79. The fourth-order valence-corrected chi connectivity index (χ4v) is 8.11. The molecule has 14 nitrogen and oxygen atoms in total. The number of Topliss-reactive ketones (excluding diaryl/α,β-unsaturated/α-hetero) is 1. The Bertz CT molecular complexity index is 1420. The lowest BCUT2D eigenvalue weighted by Gasteiger charge is -2.51. The summed E-state index contributed by atoms with van der Waals surface area (Å²) in [4.78, 5) is 77.0. The van der Waals surface area contributed by atoms with Gasteiger partial charge in [0, 0.05) is 56.9 Å². The molecule has 2 aliphatic rings. The van der Waals surface area contributed by atoms with E-state index in [4.69, 9.17) is 33.2 Å². The van der Waals surface area contributed by atoms with Crippen LogP contribution in [0.5, 0.6) is 0 Å². The summed E-state index contributed by atoms with van der Waals surface area (Å²) in [6, 6.07) is 0. The molecular formula is C44H72O14. The molecule has 12 atom stereocenters. The van der Waals surface area contributed by atoms with Gasteiger partial charge in [0.2, 0.25) is 0 Å². The molecule has 12 unspecified atom stereocenters. The number of carbonyl (C=O) groups excluding carboxylic acids is 6. The Morgan fingerprint density at radius 1 is 0.759 bits per heavy atom. The normalized spacial score (nSPS) is 26.1. The third kappa shape index (κ3) is 16.0. The van der Waals surface area contributed by atoms with Crippen molar-refractivity contribution in [1.82, 2.24) is 0 Å². The van der Waals surface area contributed by atoms with Gasteiger partial charge in [-0.1, -0.05) is 68.4 Å². The van der Waals surface area contributed by atoms with Gasteiger partial charge in [0.15, 0.2) is 11.6 Å². The highest BCUT2D eigenvalue weighted by Crippen LogP contribution is 2.46. The number of rotatable bonds is 21. The van der Waals surface area contributed by atoms with Crippen LogP contribution in [0.15, 0.2) is 11.6 Å². The molecule has 1 N–H and O–H groups in total. The van der Waals surface area contributed by atoms with Crippen molar-refractivity contribution < 1.29 is 67.0 Å². The van der Waals surface area contributed by atoms with E-state index in [9.17, 15) is 33.9 Å². The zero-order chi connectivity index (χ0) is 44.1. The minimum atomic E-state index is -1.32. The van der Waals surface area contributed by atoms with E-state index in [-0.39, 0.29) is 61.3 Å². The van der Waals surface area contributed by atoms with Crippen LogP contribution < -0.4 is 0 Å². The Kier molecular flexibility index (Phi) is 20.5. The average Bonchev–Trinajstić information content (AvgIpc) is 3.11. The van der Waals surface area contributed by atoms with E-state index >= 15 is 0 Å². The third-order valence-electron chi connectivity index (χ3n) is 10.8. The quantitative estimate of drug-likeness (QED) is 0.0741. The number of methoxy groups -OCH3 is 1. The van der Waals surface area contributed by atoms with Crippen molar-refractivity contribution in [3.05, 3.63) is 11.6 Å². The fraction of sp³-hybridized carbons (Fsp3) is 0.818. The molecule has 0 amide bonds. The second-order valence-electron chi connectivity index (χ2n) is 17.7. The number of hydrogen-bond acceptors (Lipinski definition) is 14. The topological polar surface area (TPSA) is 187 Å². The van der Waals surface area contributed by atoms with E-state index in [1.165, 1.54) is 21.0 Å². The Morgan fingerprint density at radius 2 is 1.28 bits per heavy atom. The lowest BCUT2D eigenvalue weighted by molar-refractivity contribution is -0.347. The van der Waals surface area contributed by atoms with Gasteiger partial charge in [0.25, 0.3) is 0 Å². The van der Waals surface area contributed by atoms with Crippen LogP contribution in [0.1, 0.15) is 141 Å². The largest absolute Gasteiger partial charge is 0.466 e. The molecule has 2 heterocycles. The van der Waals surface area contributed by atoms with Crippen molar-refractivity contribution in [2.75, 3.05) is 7.11 Å². The van der Waals surface area contributed by atoms with Crippen molar-refractivity contribution in [2.24, 2.45) is 35.5 Å². The first kappa shape index (κ1) is 50.8. The molecule has 0 aromatic heterocycles. The van der Waals surface area contributed by atoms with Crippen LogP contribution in [-0.2, 0) is 61.9 Å². The second-order valence-corrected chi connectivity index (χ2v) is 17.7. The summed E-state index contributed by atoms with van der Waals surface area (Å²) in [5, 5.41) is 10.8. The highest BCUT2D eigenvalue weighted by Gasteiger charge is 2.52. The smallest absolute Gasteiger partial charge is 0.333 e. The van der Waals surface area contributed by atoms with Gasteiger partial charge in [-0.25, -0.2) is 4.79 Å². The van der Waals surface area contributed by atoms with Gasteiger partial charge in [-0.15, -0.1) is 0 Å². The highest BCUT2D eigenvalue weighted by molar-refractivity contribution is 5.87. The maximum Gasteiger partial charge on any atom is 0.333 e. The Labute approximate surface area is 345 Å². The molecule has 0 aliphatic carbocycles. The predicted octanol–water partition coefficient (Wildman–Crippen LogP) is 6.60. The summed E-state index contributed by atoms with van der Waals surface area (Å²) in [5.74, 6) is -5.58. The molecule has 332 valence electrons. The molecule has 2 aliphatic heterocycles. The highest BCUT2D eigenvalue weighted by atomic mass is 16.7. The van der Waals surface area contributed by atoms with E-state index < -0.39 is 96.0 Å². The summed E-state index contributed by atoms with van der Waals surface area (Å²) in [5.41, 5.74) is 0.286. The van der Waals surface area contributed by atoms with Gasteiger partial charge < -0.3 is 38.3 Å². The van der Waals surface area contributed by atoms with Gasteiger partial charge in [0.1, 0.15) is 30.5 Å². The molecule has 2 rings (SSSR count). The monoisotopic (exact) mass is 824 g/mol. The number of ether oxygens (including phenoxy) is 7. The second kappa shape index (κ2) is 23.4. The Hall–Kier alpha value is -3.36. The number of aliphatic hydroxyl groups is 1.